The smallest absolute Gasteiger partial charge is 0.274 e. The molecule has 0 saturated carbocycles. The number of aryl methyl sites for hydroxylation is 1. The molecule has 1 aromatic carbocycles. The van der Waals surface area contributed by atoms with Crippen LogP contribution < -0.4 is 10.1 Å². The summed E-state index contributed by atoms with van der Waals surface area (Å²) in [6.45, 7) is 1.72. The van der Waals surface area contributed by atoms with Crippen LogP contribution in [0.1, 0.15) is 16.2 Å². The number of amides is 1. The fourth-order valence-electron chi connectivity index (χ4n) is 2.48. The highest BCUT2D eigenvalue weighted by Crippen LogP contribution is 2.23. The molecular weight excluding hydrogens is 312 g/mol. The topological polar surface area (TPSA) is 98.8 Å². The predicted molar refractivity (Wildman–Crippen MR) is 87.5 cm³/mol. The molecule has 122 valence electrons. The first-order valence-corrected chi connectivity index (χ1v) is 7.08. The number of rotatable bonds is 4. The maximum atomic E-state index is 12.6. The van der Waals surface area contributed by atoms with Crippen molar-refractivity contribution in [3.8, 4) is 5.75 Å². The van der Waals surface area contributed by atoms with E-state index in [-0.39, 0.29) is 5.69 Å². The molecule has 0 saturated heterocycles. The van der Waals surface area contributed by atoms with Crippen molar-refractivity contribution >= 4 is 22.9 Å². The first-order chi connectivity index (χ1) is 11.5. The molecule has 0 bridgehead atoms. The predicted octanol–water partition coefficient (Wildman–Crippen LogP) is 2.81. The Hall–Kier alpha value is -3.42. The van der Waals surface area contributed by atoms with Crippen LogP contribution in [0.2, 0.25) is 0 Å². The highest BCUT2D eigenvalue weighted by molar-refractivity contribution is 6.04. The molecule has 0 unspecified atom stereocenters. The van der Waals surface area contributed by atoms with E-state index in [0.717, 1.165) is 0 Å². The molecule has 0 aliphatic heterocycles. The normalized spacial score (nSPS) is 10.6. The van der Waals surface area contributed by atoms with Crippen molar-refractivity contribution in [3.63, 3.8) is 0 Å². The number of fused-ring (bicyclic) bond motifs is 1. The van der Waals surface area contributed by atoms with Gasteiger partial charge < -0.3 is 10.1 Å². The van der Waals surface area contributed by atoms with Gasteiger partial charge in [0.2, 0.25) is 0 Å². The molecule has 0 aliphatic carbocycles. The molecular formula is C16H14N4O4. The van der Waals surface area contributed by atoms with Gasteiger partial charge in [0.05, 0.1) is 17.7 Å². The van der Waals surface area contributed by atoms with E-state index in [1.54, 1.807) is 35.7 Å². The summed E-state index contributed by atoms with van der Waals surface area (Å²) < 4.78 is 6.87. The van der Waals surface area contributed by atoms with Crippen molar-refractivity contribution in [3.05, 3.63) is 64.1 Å². The van der Waals surface area contributed by atoms with Crippen LogP contribution in [0.5, 0.6) is 5.75 Å². The van der Waals surface area contributed by atoms with Crippen LogP contribution in [0.15, 0.2) is 42.6 Å². The Morgan fingerprint density at radius 3 is 2.83 bits per heavy atom. The van der Waals surface area contributed by atoms with E-state index < -0.39 is 10.8 Å². The van der Waals surface area contributed by atoms with Crippen LogP contribution in [0.3, 0.4) is 0 Å². The third-order valence-electron chi connectivity index (χ3n) is 3.54. The fraction of sp³-hybridized carbons (Fsp3) is 0.125. The highest BCUT2D eigenvalue weighted by atomic mass is 16.6. The van der Waals surface area contributed by atoms with Crippen molar-refractivity contribution in [1.82, 2.24) is 9.38 Å². The summed E-state index contributed by atoms with van der Waals surface area (Å²) >= 11 is 0. The van der Waals surface area contributed by atoms with Crippen molar-refractivity contribution < 1.29 is 14.5 Å². The van der Waals surface area contributed by atoms with E-state index in [0.29, 0.717) is 28.5 Å². The average molecular weight is 326 g/mol. The number of benzene rings is 1. The van der Waals surface area contributed by atoms with Gasteiger partial charge in [-0.15, -0.1) is 0 Å². The number of anilines is 1. The lowest BCUT2D eigenvalue weighted by molar-refractivity contribution is -0.384. The number of methoxy groups -OCH3 is 1. The second kappa shape index (κ2) is 5.99. The maximum Gasteiger partial charge on any atom is 0.274 e. The molecule has 2 heterocycles. The van der Waals surface area contributed by atoms with Gasteiger partial charge in [-0.25, -0.2) is 4.98 Å². The summed E-state index contributed by atoms with van der Waals surface area (Å²) in [7, 11) is 1.53. The van der Waals surface area contributed by atoms with Crippen molar-refractivity contribution in [2.45, 2.75) is 6.92 Å². The molecule has 8 nitrogen and oxygen atoms in total. The monoisotopic (exact) mass is 326 g/mol. The summed E-state index contributed by atoms with van der Waals surface area (Å²) in [5.74, 6) is 0.142. The van der Waals surface area contributed by atoms with Gasteiger partial charge in [-0.3, -0.25) is 19.3 Å². The van der Waals surface area contributed by atoms with Gasteiger partial charge in [-0.05, 0) is 25.1 Å². The quantitative estimate of drug-likeness (QED) is 0.587. The standard InChI is InChI=1S/C16H14N4O4/c1-10-14(19-8-4-7-13(24-2)15(19)17-10)16(21)18-11-5-3-6-12(9-11)20(22)23/h3-9H,1-2H3,(H,18,21). The minimum absolute atomic E-state index is 0.0932. The van der Waals surface area contributed by atoms with E-state index in [1.807, 2.05) is 0 Å². The molecule has 0 radical (unpaired) electrons. The van der Waals surface area contributed by atoms with Gasteiger partial charge >= 0.3 is 0 Å². The molecule has 1 amide bonds. The van der Waals surface area contributed by atoms with Crippen LogP contribution in [0.25, 0.3) is 5.65 Å². The van der Waals surface area contributed by atoms with E-state index in [4.69, 9.17) is 4.74 Å². The lowest BCUT2D eigenvalue weighted by Crippen LogP contribution is -2.15. The molecule has 0 fully saturated rings. The van der Waals surface area contributed by atoms with Crippen LogP contribution in [0, 0.1) is 17.0 Å². The molecule has 2 aromatic heterocycles. The van der Waals surface area contributed by atoms with Crippen LogP contribution >= 0.6 is 0 Å². The van der Waals surface area contributed by atoms with Gasteiger partial charge in [0.25, 0.3) is 11.6 Å². The lowest BCUT2D eigenvalue weighted by atomic mass is 10.2. The van der Waals surface area contributed by atoms with Crippen LogP contribution in [0.4, 0.5) is 11.4 Å². The lowest BCUT2D eigenvalue weighted by Gasteiger charge is -2.07. The Morgan fingerprint density at radius 2 is 2.12 bits per heavy atom. The second-order valence-corrected chi connectivity index (χ2v) is 5.08. The van der Waals surface area contributed by atoms with Crippen molar-refractivity contribution in [1.29, 1.82) is 0 Å². The Balaban J connectivity index is 1.99. The molecule has 0 aliphatic rings. The summed E-state index contributed by atoms with van der Waals surface area (Å²) in [6.07, 6.45) is 1.71. The maximum absolute atomic E-state index is 12.6. The Labute approximate surface area is 136 Å². The summed E-state index contributed by atoms with van der Waals surface area (Å²) in [4.78, 5) is 27.3. The third kappa shape index (κ3) is 2.65. The van der Waals surface area contributed by atoms with Crippen LogP contribution in [-0.4, -0.2) is 27.3 Å². The van der Waals surface area contributed by atoms with E-state index in [9.17, 15) is 14.9 Å². The van der Waals surface area contributed by atoms with Gasteiger partial charge in [-0.1, -0.05) is 6.07 Å². The fourth-order valence-corrected chi connectivity index (χ4v) is 2.48. The third-order valence-corrected chi connectivity index (χ3v) is 3.54. The summed E-state index contributed by atoms with van der Waals surface area (Å²) in [5.41, 5.74) is 1.65. The van der Waals surface area contributed by atoms with E-state index in [2.05, 4.69) is 10.3 Å². The first-order valence-electron chi connectivity index (χ1n) is 7.08. The SMILES string of the molecule is COc1cccn2c(C(=O)Nc3cccc([N+](=O)[O-])c3)c(C)nc12. The molecule has 3 rings (SSSR count). The number of non-ortho nitro benzene ring substituents is 1. The second-order valence-electron chi connectivity index (χ2n) is 5.08. The summed E-state index contributed by atoms with van der Waals surface area (Å²) in [5, 5.41) is 13.5. The van der Waals surface area contributed by atoms with Gasteiger partial charge in [-0.2, -0.15) is 0 Å². The number of carbonyl (C=O) groups is 1. The number of carbonyl (C=O) groups excluding carboxylic acids is 1. The zero-order chi connectivity index (χ0) is 17.3. The molecule has 0 atom stereocenters. The number of pyridine rings is 1. The summed E-state index contributed by atoms with van der Waals surface area (Å²) in [6, 6.07) is 9.26. The molecule has 0 spiro atoms. The minimum Gasteiger partial charge on any atom is -0.493 e. The number of imidazole rings is 1. The van der Waals surface area contributed by atoms with Crippen LogP contribution in [-0.2, 0) is 0 Å². The number of nitro groups is 1. The van der Waals surface area contributed by atoms with Gasteiger partial charge in [0.1, 0.15) is 5.69 Å². The molecule has 3 aromatic rings. The Morgan fingerprint density at radius 1 is 1.33 bits per heavy atom. The average Bonchev–Trinajstić information content (AvgIpc) is 2.90. The van der Waals surface area contributed by atoms with Gasteiger partial charge in [0.15, 0.2) is 11.4 Å². The highest BCUT2D eigenvalue weighted by Gasteiger charge is 2.19. The Kier molecular flexibility index (Phi) is 3.87. The number of nitrogens with one attached hydrogen (secondary N) is 1. The number of nitro benzene ring substituents is 1. The van der Waals surface area contributed by atoms with Crippen molar-refractivity contribution in [2.24, 2.45) is 0 Å². The Bertz CT molecular complexity index is 948. The van der Waals surface area contributed by atoms with Gasteiger partial charge in [0, 0.05) is 24.0 Å². The van der Waals surface area contributed by atoms with E-state index >= 15 is 0 Å². The molecule has 1 N–H and O–H groups in total. The minimum atomic E-state index is -0.514. The zero-order valence-electron chi connectivity index (χ0n) is 13.0. The van der Waals surface area contributed by atoms with Crippen molar-refractivity contribution in [2.75, 3.05) is 12.4 Å². The molecule has 8 heteroatoms. The molecule has 24 heavy (non-hydrogen) atoms. The zero-order valence-corrected chi connectivity index (χ0v) is 13.0. The number of hydrogen-bond acceptors (Lipinski definition) is 5. The van der Waals surface area contributed by atoms with E-state index in [1.165, 1.54) is 25.3 Å². The largest absolute Gasteiger partial charge is 0.493 e. The number of nitrogens with zero attached hydrogens (tertiary/aromatic N) is 3. The first kappa shape index (κ1) is 15.5. The number of hydrogen-bond donors (Lipinski definition) is 1. The number of ether oxygens (including phenoxy) is 1. The number of aromatic nitrogens is 2.